The van der Waals surface area contributed by atoms with Crippen LogP contribution in [0, 0.1) is 6.92 Å². The lowest BCUT2D eigenvalue weighted by atomic mass is 10.1. The molecule has 1 aliphatic rings. The lowest BCUT2D eigenvalue weighted by Crippen LogP contribution is -2.37. The molecule has 0 saturated carbocycles. The molecular weight excluding hydrogens is 344 g/mol. The molecule has 6 heteroatoms. The van der Waals surface area contributed by atoms with E-state index in [1.165, 1.54) is 0 Å². The number of carbonyl (C=O) groups is 1. The number of hydrogen-bond donors (Lipinski definition) is 1. The number of aryl methyl sites for hydroxylation is 1. The zero-order valence-electron chi connectivity index (χ0n) is 15.2. The van der Waals surface area contributed by atoms with Crippen LogP contribution in [0.15, 0.2) is 56.1 Å². The molecule has 1 saturated heterocycles. The number of nitrogens with one attached hydrogen (secondary N) is 1. The molecule has 6 nitrogen and oxygen atoms in total. The highest BCUT2D eigenvalue weighted by Gasteiger charge is 2.27. The summed E-state index contributed by atoms with van der Waals surface area (Å²) in [5.74, 6) is 1.25. The molecule has 27 heavy (non-hydrogen) atoms. The molecule has 1 atom stereocenters. The minimum atomic E-state index is -0.627. The van der Waals surface area contributed by atoms with E-state index in [-0.39, 0.29) is 11.6 Å². The number of likely N-dealkylation sites (tertiary alicyclic amines) is 1. The third kappa shape index (κ3) is 3.66. The van der Waals surface area contributed by atoms with Crippen molar-refractivity contribution in [2.45, 2.75) is 25.8 Å². The van der Waals surface area contributed by atoms with Gasteiger partial charge < -0.3 is 14.2 Å². The van der Waals surface area contributed by atoms with Gasteiger partial charge in [-0.2, -0.15) is 0 Å². The summed E-state index contributed by atoms with van der Waals surface area (Å²) in [6, 6.07) is 12.6. The Hall–Kier alpha value is -2.86. The summed E-state index contributed by atoms with van der Waals surface area (Å²) in [6.07, 6.45) is 2.27. The van der Waals surface area contributed by atoms with Crippen molar-refractivity contribution in [3.8, 4) is 0 Å². The van der Waals surface area contributed by atoms with Crippen molar-refractivity contribution in [3.63, 3.8) is 0 Å². The highest BCUT2D eigenvalue weighted by atomic mass is 16.4. The minimum absolute atomic E-state index is 0.0181. The van der Waals surface area contributed by atoms with Crippen LogP contribution >= 0.6 is 0 Å². The number of rotatable bonds is 5. The molecule has 1 amide bonds. The Morgan fingerprint density at radius 1 is 1.15 bits per heavy atom. The number of hydrogen-bond acceptors (Lipinski definition) is 5. The number of amides is 1. The van der Waals surface area contributed by atoms with Gasteiger partial charge in [-0.15, -0.1) is 0 Å². The fourth-order valence-electron chi connectivity index (χ4n) is 3.60. The number of benzene rings is 1. The van der Waals surface area contributed by atoms with Crippen molar-refractivity contribution in [3.05, 3.63) is 70.0 Å². The molecule has 0 unspecified atom stereocenters. The summed E-state index contributed by atoms with van der Waals surface area (Å²) in [4.78, 5) is 27.1. The van der Waals surface area contributed by atoms with E-state index in [4.69, 9.17) is 8.83 Å². The molecule has 1 N–H and O–H groups in total. The zero-order valence-corrected chi connectivity index (χ0v) is 15.2. The van der Waals surface area contributed by atoms with Crippen molar-refractivity contribution in [1.29, 1.82) is 0 Å². The molecule has 3 aromatic rings. The number of carbonyl (C=O) groups excluding carboxylic acids is 1. The van der Waals surface area contributed by atoms with E-state index in [2.05, 4.69) is 10.2 Å². The summed E-state index contributed by atoms with van der Waals surface area (Å²) in [7, 11) is 0. The molecule has 1 aliphatic heterocycles. The van der Waals surface area contributed by atoms with Gasteiger partial charge in [-0.3, -0.25) is 9.69 Å². The highest BCUT2D eigenvalue weighted by Crippen LogP contribution is 2.26. The quantitative estimate of drug-likeness (QED) is 0.702. The van der Waals surface area contributed by atoms with E-state index in [9.17, 15) is 9.59 Å². The predicted molar refractivity (Wildman–Crippen MR) is 102 cm³/mol. The molecule has 140 valence electrons. The number of fused-ring (bicyclic) bond motifs is 1. The molecule has 0 spiro atoms. The van der Waals surface area contributed by atoms with Crippen LogP contribution in [0.5, 0.6) is 0 Å². The Balaban J connectivity index is 1.54. The van der Waals surface area contributed by atoms with Gasteiger partial charge in [-0.05, 0) is 57.1 Å². The molecule has 1 fully saturated rings. The van der Waals surface area contributed by atoms with Gasteiger partial charge in [0.25, 0.3) is 5.91 Å². The van der Waals surface area contributed by atoms with Crippen LogP contribution < -0.4 is 10.9 Å². The van der Waals surface area contributed by atoms with Crippen molar-refractivity contribution >= 4 is 16.9 Å². The first kappa shape index (κ1) is 17.5. The third-order valence-corrected chi connectivity index (χ3v) is 5.01. The average molecular weight is 366 g/mol. The topological polar surface area (TPSA) is 75.7 Å². The molecule has 3 heterocycles. The van der Waals surface area contributed by atoms with Crippen LogP contribution in [0.2, 0.25) is 0 Å². The molecule has 0 aliphatic carbocycles. The van der Waals surface area contributed by atoms with Gasteiger partial charge in [0, 0.05) is 11.9 Å². The number of para-hydroxylation sites is 1. The molecular formula is C21H22N2O4. The standard InChI is InChI=1S/C21H22N2O4/c1-14-8-9-19(26-14)17(23-10-4-5-11-23)13-22-20(24)16-12-15-6-2-3-7-18(15)27-21(16)25/h2-3,6-9,12,17H,4-5,10-11,13H2,1H3,(H,22,24)/t17-/m0/s1. The van der Waals surface area contributed by atoms with Crippen LogP contribution in [0.1, 0.15) is 40.8 Å². The van der Waals surface area contributed by atoms with Gasteiger partial charge in [0.2, 0.25) is 0 Å². The Morgan fingerprint density at radius 2 is 1.93 bits per heavy atom. The van der Waals surface area contributed by atoms with Crippen molar-refractivity contribution < 1.29 is 13.6 Å². The summed E-state index contributed by atoms with van der Waals surface area (Å²) in [5, 5.41) is 3.61. The maximum absolute atomic E-state index is 12.6. The first-order chi connectivity index (χ1) is 13.1. The maximum Gasteiger partial charge on any atom is 0.349 e. The summed E-state index contributed by atoms with van der Waals surface area (Å²) < 4.78 is 11.1. The normalized spacial score (nSPS) is 15.9. The number of nitrogens with zero attached hydrogens (tertiary/aromatic N) is 1. The molecule has 1 aromatic carbocycles. The van der Waals surface area contributed by atoms with Gasteiger partial charge in [0.15, 0.2) is 0 Å². The van der Waals surface area contributed by atoms with Crippen LogP contribution in [0.3, 0.4) is 0 Å². The van der Waals surface area contributed by atoms with Crippen molar-refractivity contribution in [1.82, 2.24) is 10.2 Å². The lowest BCUT2D eigenvalue weighted by Gasteiger charge is -2.26. The van der Waals surface area contributed by atoms with E-state index in [1.54, 1.807) is 18.2 Å². The second-order valence-corrected chi connectivity index (χ2v) is 6.90. The second kappa shape index (κ2) is 7.40. The third-order valence-electron chi connectivity index (χ3n) is 5.01. The van der Waals surface area contributed by atoms with Crippen LogP contribution in [0.4, 0.5) is 0 Å². The van der Waals surface area contributed by atoms with Crippen LogP contribution in [0.25, 0.3) is 11.0 Å². The smallest absolute Gasteiger partial charge is 0.349 e. The Morgan fingerprint density at radius 3 is 2.67 bits per heavy atom. The SMILES string of the molecule is Cc1ccc([C@H](CNC(=O)c2cc3ccccc3oc2=O)N2CCCC2)o1. The number of furan rings is 1. The predicted octanol–water partition coefficient (Wildman–Crippen LogP) is 3.26. The molecule has 0 bridgehead atoms. The van der Waals surface area contributed by atoms with Crippen LogP contribution in [-0.2, 0) is 0 Å². The van der Waals surface area contributed by atoms with Gasteiger partial charge in [0.1, 0.15) is 22.7 Å². The van der Waals surface area contributed by atoms with E-state index in [1.807, 2.05) is 31.2 Å². The van der Waals surface area contributed by atoms with Gasteiger partial charge >= 0.3 is 5.63 Å². The molecule has 4 rings (SSSR count). The van der Waals surface area contributed by atoms with Crippen LogP contribution in [-0.4, -0.2) is 30.4 Å². The Labute approximate surface area is 156 Å². The van der Waals surface area contributed by atoms with E-state index in [0.29, 0.717) is 12.1 Å². The lowest BCUT2D eigenvalue weighted by molar-refractivity contribution is 0.0930. The first-order valence-electron chi connectivity index (χ1n) is 9.23. The average Bonchev–Trinajstić information content (AvgIpc) is 3.33. The fourth-order valence-corrected chi connectivity index (χ4v) is 3.60. The zero-order chi connectivity index (χ0) is 18.8. The van der Waals surface area contributed by atoms with E-state index in [0.717, 1.165) is 42.8 Å². The minimum Gasteiger partial charge on any atom is -0.465 e. The van der Waals surface area contributed by atoms with E-state index >= 15 is 0 Å². The second-order valence-electron chi connectivity index (χ2n) is 6.90. The van der Waals surface area contributed by atoms with Crippen molar-refractivity contribution in [2.75, 3.05) is 19.6 Å². The summed E-state index contributed by atoms with van der Waals surface area (Å²) in [6.45, 7) is 4.22. The first-order valence-corrected chi connectivity index (χ1v) is 9.23. The monoisotopic (exact) mass is 366 g/mol. The van der Waals surface area contributed by atoms with Gasteiger partial charge in [-0.1, -0.05) is 18.2 Å². The largest absolute Gasteiger partial charge is 0.465 e. The van der Waals surface area contributed by atoms with Crippen molar-refractivity contribution in [2.24, 2.45) is 0 Å². The Kier molecular flexibility index (Phi) is 4.81. The van der Waals surface area contributed by atoms with Gasteiger partial charge in [0.05, 0.1) is 6.04 Å². The van der Waals surface area contributed by atoms with E-state index < -0.39 is 11.5 Å². The van der Waals surface area contributed by atoms with Gasteiger partial charge in [-0.25, -0.2) is 4.79 Å². The Bertz CT molecular complexity index is 1010. The fraction of sp³-hybridized carbons (Fsp3) is 0.333. The maximum atomic E-state index is 12.6. The highest BCUT2D eigenvalue weighted by molar-refractivity contribution is 5.96. The summed E-state index contributed by atoms with van der Waals surface area (Å²) in [5.41, 5.74) is -0.137. The summed E-state index contributed by atoms with van der Waals surface area (Å²) >= 11 is 0. The molecule has 0 radical (unpaired) electrons. The molecule has 2 aromatic heterocycles.